The maximum absolute atomic E-state index is 11.8. The van der Waals surface area contributed by atoms with E-state index in [9.17, 15) is 4.79 Å². The van der Waals surface area contributed by atoms with Crippen LogP contribution < -0.4 is 5.32 Å². The van der Waals surface area contributed by atoms with E-state index >= 15 is 0 Å². The van der Waals surface area contributed by atoms with E-state index in [4.69, 9.17) is 5.26 Å². The van der Waals surface area contributed by atoms with Crippen molar-refractivity contribution in [3.63, 3.8) is 0 Å². The highest BCUT2D eigenvalue weighted by Gasteiger charge is 2.36. The molecule has 2 fully saturated rings. The zero-order chi connectivity index (χ0) is 11.6. The second-order valence-corrected chi connectivity index (χ2v) is 5.71. The van der Waals surface area contributed by atoms with Crippen LogP contribution in [0.25, 0.3) is 0 Å². The summed E-state index contributed by atoms with van der Waals surface area (Å²) in [4.78, 5) is 13.6. The Morgan fingerprint density at radius 3 is 2.56 bits per heavy atom. The molecule has 16 heavy (non-hydrogen) atoms. The fourth-order valence-corrected chi connectivity index (χ4v) is 2.61. The Kier molecular flexibility index (Phi) is 3.29. The van der Waals surface area contributed by atoms with Crippen LogP contribution in [0.4, 0.5) is 4.79 Å². The van der Waals surface area contributed by atoms with Crippen molar-refractivity contribution in [2.24, 2.45) is 0 Å². The molecule has 1 aliphatic carbocycles. The molecule has 2 amide bonds. The van der Waals surface area contributed by atoms with Crippen molar-refractivity contribution < 1.29 is 4.79 Å². The molecule has 5 heteroatoms. The van der Waals surface area contributed by atoms with Gasteiger partial charge in [0.05, 0.1) is 6.07 Å². The number of hydrogen-bond acceptors (Lipinski definition) is 3. The molecule has 1 heterocycles. The van der Waals surface area contributed by atoms with Crippen molar-refractivity contribution in [3.05, 3.63) is 0 Å². The number of piperidine rings is 1. The number of hydrogen-bond donors (Lipinski definition) is 1. The van der Waals surface area contributed by atoms with Crippen molar-refractivity contribution in [1.82, 2.24) is 10.2 Å². The van der Waals surface area contributed by atoms with Gasteiger partial charge in [-0.05, 0) is 31.9 Å². The molecule has 1 saturated carbocycles. The first-order valence-electron chi connectivity index (χ1n) is 5.71. The summed E-state index contributed by atoms with van der Waals surface area (Å²) in [5.74, 6) is 0. The second kappa shape index (κ2) is 4.54. The lowest BCUT2D eigenvalue weighted by atomic mass is 9.97. The van der Waals surface area contributed by atoms with Gasteiger partial charge >= 0.3 is 6.03 Å². The number of urea groups is 1. The average Bonchev–Trinajstić information content (AvgIpc) is 3.13. The van der Waals surface area contributed by atoms with Crippen LogP contribution in [0.3, 0.4) is 0 Å². The number of carbonyl (C=O) groups is 1. The van der Waals surface area contributed by atoms with E-state index in [1.807, 2.05) is 11.2 Å². The number of thioether (sulfide) groups is 1. The van der Waals surface area contributed by atoms with E-state index in [-0.39, 0.29) is 10.8 Å². The lowest BCUT2D eigenvalue weighted by molar-refractivity contribution is 0.182. The topological polar surface area (TPSA) is 56.1 Å². The highest BCUT2D eigenvalue weighted by Crippen LogP contribution is 2.33. The van der Waals surface area contributed by atoms with E-state index in [0.29, 0.717) is 19.1 Å². The number of amides is 2. The van der Waals surface area contributed by atoms with Crippen LogP contribution >= 0.6 is 11.8 Å². The van der Waals surface area contributed by atoms with Crippen LogP contribution in [0.1, 0.15) is 25.7 Å². The Hall–Kier alpha value is -0.890. The summed E-state index contributed by atoms with van der Waals surface area (Å²) < 4.78 is -0.267. The Bertz CT molecular complexity index is 314. The minimum absolute atomic E-state index is 0.0511. The zero-order valence-corrected chi connectivity index (χ0v) is 10.3. The number of nitrogens with one attached hydrogen (secondary N) is 1. The van der Waals surface area contributed by atoms with E-state index in [2.05, 4.69) is 11.4 Å². The molecule has 1 aliphatic heterocycles. The highest BCUT2D eigenvalue weighted by atomic mass is 32.2. The lowest BCUT2D eigenvalue weighted by Gasteiger charge is -2.36. The van der Waals surface area contributed by atoms with Crippen molar-refractivity contribution in [2.45, 2.75) is 36.5 Å². The number of carbonyl (C=O) groups excluding carboxylic acids is 1. The maximum Gasteiger partial charge on any atom is 0.317 e. The summed E-state index contributed by atoms with van der Waals surface area (Å²) in [6.45, 7) is 1.40. The van der Waals surface area contributed by atoms with Gasteiger partial charge in [-0.1, -0.05) is 0 Å². The second-order valence-electron chi connectivity index (χ2n) is 4.52. The Balaban J connectivity index is 1.84. The molecule has 0 radical (unpaired) electrons. The zero-order valence-electron chi connectivity index (χ0n) is 9.53. The molecular formula is C11H17N3OS. The molecule has 4 nitrogen and oxygen atoms in total. The van der Waals surface area contributed by atoms with Crippen LogP contribution in [-0.4, -0.2) is 41.1 Å². The van der Waals surface area contributed by atoms with E-state index in [1.54, 1.807) is 11.8 Å². The van der Waals surface area contributed by atoms with Crippen LogP contribution in [0.5, 0.6) is 0 Å². The van der Waals surface area contributed by atoms with Gasteiger partial charge in [-0.3, -0.25) is 0 Å². The van der Waals surface area contributed by atoms with Gasteiger partial charge in [0.25, 0.3) is 0 Å². The molecule has 0 atom stereocenters. The molecule has 0 aromatic heterocycles. The molecule has 1 N–H and O–H groups in total. The first kappa shape index (κ1) is 11.6. The SMILES string of the molecule is CSC1(C#N)CCN(C(=O)NC2CC2)CC1. The van der Waals surface area contributed by atoms with Crippen molar-refractivity contribution >= 4 is 17.8 Å². The van der Waals surface area contributed by atoms with Crippen molar-refractivity contribution in [3.8, 4) is 6.07 Å². The average molecular weight is 239 g/mol. The summed E-state index contributed by atoms with van der Waals surface area (Å²) in [6, 6.07) is 2.85. The summed E-state index contributed by atoms with van der Waals surface area (Å²) in [7, 11) is 0. The number of likely N-dealkylation sites (tertiary alicyclic amines) is 1. The van der Waals surface area contributed by atoms with Gasteiger partial charge in [-0.25, -0.2) is 4.79 Å². The normalized spacial score (nSPS) is 23.6. The van der Waals surface area contributed by atoms with Crippen molar-refractivity contribution in [2.75, 3.05) is 19.3 Å². The van der Waals surface area contributed by atoms with Gasteiger partial charge in [-0.2, -0.15) is 5.26 Å². The third-order valence-electron chi connectivity index (χ3n) is 3.36. The van der Waals surface area contributed by atoms with Gasteiger partial charge in [0.2, 0.25) is 0 Å². The van der Waals surface area contributed by atoms with E-state index in [1.165, 1.54) is 0 Å². The Morgan fingerprint density at radius 1 is 1.50 bits per heavy atom. The summed E-state index contributed by atoms with van der Waals surface area (Å²) in [6.07, 6.45) is 5.77. The monoisotopic (exact) mass is 239 g/mol. The first-order valence-corrected chi connectivity index (χ1v) is 6.93. The smallest absolute Gasteiger partial charge is 0.317 e. The van der Waals surface area contributed by atoms with Crippen LogP contribution in [-0.2, 0) is 0 Å². The molecule has 2 aliphatic rings. The fourth-order valence-electron chi connectivity index (χ4n) is 1.93. The summed E-state index contributed by atoms with van der Waals surface area (Å²) >= 11 is 1.61. The quantitative estimate of drug-likeness (QED) is 0.796. The molecule has 88 valence electrons. The summed E-state index contributed by atoms with van der Waals surface area (Å²) in [5.41, 5.74) is 0. The lowest BCUT2D eigenvalue weighted by Crippen LogP contribution is -2.48. The number of nitrogens with zero attached hydrogens (tertiary/aromatic N) is 2. The molecule has 0 unspecified atom stereocenters. The van der Waals surface area contributed by atoms with Gasteiger partial charge in [0, 0.05) is 19.1 Å². The predicted octanol–water partition coefficient (Wildman–Crippen LogP) is 1.58. The molecule has 0 bridgehead atoms. The molecular weight excluding hydrogens is 222 g/mol. The molecule has 0 aromatic rings. The molecule has 2 rings (SSSR count). The third-order valence-corrected chi connectivity index (χ3v) is 4.64. The van der Waals surface area contributed by atoms with Crippen LogP contribution in [0, 0.1) is 11.3 Å². The van der Waals surface area contributed by atoms with Crippen LogP contribution in [0.2, 0.25) is 0 Å². The first-order chi connectivity index (χ1) is 7.69. The van der Waals surface area contributed by atoms with Gasteiger partial charge in [-0.15, -0.1) is 11.8 Å². The maximum atomic E-state index is 11.8. The Morgan fingerprint density at radius 2 is 2.12 bits per heavy atom. The number of rotatable bonds is 2. The molecule has 1 saturated heterocycles. The highest BCUT2D eigenvalue weighted by molar-refractivity contribution is 8.00. The number of nitriles is 1. The molecule has 0 aromatic carbocycles. The fraction of sp³-hybridized carbons (Fsp3) is 0.818. The van der Waals surface area contributed by atoms with Gasteiger partial charge < -0.3 is 10.2 Å². The van der Waals surface area contributed by atoms with E-state index < -0.39 is 0 Å². The Labute approximate surface area is 100 Å². The van der Waals surface area contributed by atoms with Crippen LogP contribution in [0.15, 0.2) is 0 Å². The molecule has 0 spiro atoms. The summed E-state index contributed by atoms with van der Waals surface area (Å²) in [5, 5.41) is 12.1. The minimum Gasteiger partial charge on any atom is -0.335 e. The van der Waals surface area contributed by atoms with Crippen molar-refractivity contribution in [1.29, 1.82) is 5.26 Å². The van der Waals surface area contributed by atoms with E-state index in [0.717, 1.165) is 25.7 Å². The largest absolute Gasteiger partial charge is 0.335 e. The minimum atomic E-state index is -0.267. The van der Waals surface area contributed by atoms with Gasteiger partial charge in [0.1, 0.15) is 4.75 Å². The standard InChI is InChI=1S/C11H17N3OS/c1-16-11(8-12)4-6-14(7-5-11)10(15)13-9-2-3-9/h9H,2-7H2,1H3,(H,13,15). The van der Waals surface area contributed by atoms with Gasteiger partial charge in [0.15, 0.2) is 0 Å². The third kappa shape index (κ3) is 2.43. The predicted molar refractivity (Wildman–Crippen MR) is 64.2 cm³/mol.